The Kier molecular flexibility index (Phi) is 8.82. The third kappa shape index (κ3) is 9.57. The van der Waals surface area contributed by atoms with Crippen LogP contribution in [0.5, 0.6) is 0 Å². The molecule has 0 saturated heterocycles. The lowest BCUT2D eigenvalue weighted by atomic mass is 10.2. The van der Waals surface area contributed by atoms with Crippen molar-refractivity contribution in [3.63, 3.8) is 0 Å². The highest BCUT2D eigenvalue weighted by atomic mass is 32.2. The van der Waals surface area contributed by atoms with Gasteiger partial charge in [0.2, 0.25) is 11.8 Å². The number of hydrogen-bond acceptors (Lipinski definition) is 4. The minimum atomic E-state index is -0.930. The normalized spacial score (nSPS) is 10.1. The molecule has 0 aromatic heterocycles. The molecule has 0 aliphatic carbocycles. The summed E-state index contributed by atoms with van der Waals surface area (Å²) in [6.07, 6.45) is 0.924. The van der Waals surface area contributed by atoms with E-state index in [0.29, 0.717) is 24.3 Å². The molecule has 0 radical (unpaired) electrons. The van der Waals surface area contributed by atoms with Crippen molar-refractivity contribution in [2.24, 2.45) is 0 Å². The summed E-state index contributed by atoms with van der Waals surface area (Å²) in [4.78, 5) is 33.5. The molecule has 0 aliphatic heterocycles. The smallest absolute Gasteiger partial charge is 0.305 e. The Morgan fingerprint density at radius 3 is 2.65 bits per heavy atom. The first-order valence-electron chi connectivity index (χ1n) is 7.40. The van der Waals surface area contributed by atoms with Gasteiger partial charge in [-0.1, -0.05) is 12.1 Å². The lowest BCUT2D eigenvalue weighted by Gasteiger charge is -2.06. The summed E-state index contributed by atoms with van der Waals surface area (Å²) in [5, 5.41) is 13.8. The summed E-state index contributed by atoms with van der Waals surface area (Å²) < 4.78 is 0. The molecular formula is C16H22N2O4S. The first-order valence-corrected chi connectivity index (χ1v) is 8.55. The number of aliphatic carboxylic acids is 1. The monoisotopic (exact) mass is 338 g/mol. The first kappa shape index (κ1) is 19.0. The molecule has 0 unspecified atom stereocenters. The Balaban J connectivity index is 2.07. The lowest BCUT2D eigenvalue weighted by molar-refractivity contribution is -0.137. The van der Waals surface area contributed by atoms with Gasteiger partial charge in [0, 0.05) is 18.7 Å². The maximum Gasteiger partial charge on any atom is 0.305 e. The molecule has 2 amide bonds. The number of aryl methyl sites for hydroxylation is 1. The molecule has 0 fully saturated rings. The molecule has 0 aliphatic rings. The molecule has 1 rings (SSSR count). The lowest BCUT2D eigenvalue weighted by Crippen LogP contribution is -2.25. The van der Waals surface area contributed by atoms with Gasteiger partial charge < -0.3 is 15.7 Å². The Hall–Kier alpha value is -2.02. The van der Waals surface area contributed by atoms with Crippen molar-refractivity contribution < 1.29 is 19.5 Å². The zero-order valence-corrected chi connectivity index (χ0v) is 13.9. The average molecular weight is 338 g/mol. The Bertz CT molecular complexity index is 549. The Morgan fingerprint density at radius 2 is 1.96 bits per heavy atom. The number of hydrogen-bond donors (Lipinski definition) is 3. The van der Waals surface area contributed by atoms with Crippen molar-refractivity contribution in [3.05, 3.63) is 29.8 Å². The molecule has 7 heteroatoms. The number of amides is 2. The molecule has 0 spiro atoms. The summed E-state index contributed by atoms with van der Waals surface area (Å²) in [6.45, 7) is 2.12. The third-order valence-electron chi connectivity index (χ3n) is 2.89. The van der Waals surface area contributed by atoms with Crippen LogP contribution < -0.4 is 10.6 Å². The van der Waals surface area contributed by atoms with Crippen molar-refractivity contribution in [3.8, 4) is 0 Å². The predicted molar refractivity (Wildman–Crippen MR) is 91.6 cm³/mol. The van der Waals surface area contributed by atoms with Gasteiger partial charge in [-0.25, -0.2) is 0 Å². The van der Waals surface area contributed by atoms with Crippen LogP contribution in [0.1, 0.15) is 24.8 Å². The van der Waals surface area contributed by atoms with Gasteiger partial charge in [-0.2, -0.15) is 11.8 Å². The van der Waals surface area contributed by atoms with Gasteiger partial charge in [0.15, 0.2) is 0 Å². The van der Waals surface area contributed by atoms with Crippen molar-refractivity contribution in [1.29, 1.82) is 0 Å². The van der Waals surface area contributed by atoms with E-state index in [9.17, 15) is 14.4 Å². The molecule has 6 nitrogen and oxygen atoms in total. The molecule has 1 aromatic carbocycles. The maximum atomic E-state index is 11.8. The number of anilines is 1. The van der Waals surface area contributed by atoms with Crippen molar-refractivity contribution in [2.75, 3.05) is 23.4 Å². The van der Waals surface area contributed by atoms with E-state index in [0.717, 1.165) is 11.3 Å². The van der Waals surface area contributed by atoms with Gasteiger partial charge in [-0.05, 0) is 36.8 Å². The number of thioether (sulfide) groups is 1. The summed E-state index contributed by atoms with van der Waals surface area (Å²) in [7, 11) is 0. The van der Waals surface area contributed by atoms with Crippen LogP contribution in [0.2, 0.25) is 0 Å². The molecule has 0 atom stereocenters. The minimum absolute atomic E-state index is 0.0634. The number of carboxylic acids is 1. The highest BCUT2D eigenvalue weighted by Crippen LogP contribution is 2.11. The second kappa shape index (κ2) is 10.7. The summed E-state index contributed by atoms with van der Waals surface area (Å²) in [6, 6.07) is 7.61. The number of carboxylic acid groups (broad SMARTS) is 1. The molecule has 3 N–H and O–H groups in total. The zero-order valence-electron chi connectivity index (χ0n) is 13.1. The van der Waals surface area contributed by atoms with Crippen molar-refractivity contribution in [2.45, 2.75) is 26.2 Å². The number of rotatable bonds is 10. The number of benzene rings is 1. The first-order chi connectivity index (χ1) is 11.0. The van der Waals surface area contributed by atoms with E-state index in [1.807, 2.05) is 31.2 Å². The fraction of sp³-hybridized carbons (Fsp3) is 0.438. The van der Waals surface area contributed by atoms with Gasteiger partial charge in [0.25, 0.3) is 0 Å². The van der Waals surface area contributed by atoms with Crippen LogP contribution in [-0.4, -0.2) is 40.9 Å². The number of carbonyl (C=O) groups is 3. The minimum Gasteiger partial charge on any atom is -0.481 e. The quantitative estimate of drug-likeness (QED) is 0.567. The van der Waals surface area contributed by atoms with E-state index in [1.54, 1.807) is 0 Å². The summed E-state index contributed by atoms with van der Waals surface area (Å²) in [5.41, 5.74) is 1.87. The second-order valence-corrected chi connectivity index (χ2v) is 6.17. The molecule has 1 aromatic rings. The van der Waals surface area contributed by atoms with Crippen LogP contribution in [0.3, 0.4) is 0 Å². The molecule has 126 valence electrons. The SMILES string of the molecule is Cc1cccc(NC(=O)CSCCCC(=O)NCCC(=O)O)c1. The van der Waals surface area contributed by atoms with E-state index in [2.05, 4.69) is 10.6 Å². The fourth-order valence-electron chi connectivity index (χ4n) is 1.82. The summed E-state index contributed by atoms with van der Waals surface area (Å²) in [5.74, 6) is -0.106. The van der Waals surface area contributed by atoms with E-state index in [-0.39, 0.29) is 24.8 Å². The topological polar surface area (TPSA) is 95.5 Å². The zero-order chi connectivity index (χ0) is 17.1. The van der Waals surface area contributed by atoms with Crippen LogP contribution in [0.15, 0.2) is 24.3 Å². The Labute approximate surface area is 140 Å². The van der Waals surface area contributed by atoms with Crippen LogP contribution in [-0.2, 0) is 14.4 Å². The number of nitrogens with one attached hydrogen (secondary N) is 2. The standard InChI is InChI=1S/C16H22N2O4S/c1-12-4-2-5-13(10-12)18-15(20)11-23-9-3-6-14(19)17-8-7-16(21)22/h2,4-5,10H,3,6-9,11H2,1H3,(H,17,19)(H,18,20)(H,21,22). The van der Waals surface area contributed by atoms with Crippen LogP contribution >= 0.6 is 11.8 Å². The van der Waals surface area contributed by atoms with Crippen LogP contribution in [0, 0.1) is 6.92 Å². The van der Waals surface area contributed by atoms with E-state index in [4.69, 9.17) is 5.11 Å². The van der Waals surface area contributed by atoms with E-state index < -0.39 is 5.97 Å². The summed E-state index contributed by atoms with van der Waals surface area (Å²) >= 11 is 1.47. The molecule has 0 bridgehead atoms. The fourth-order valence-corrected chi connectivity index (χ4v) is 2.57. The molecular weight excluding hydrogens is 316 g/mol. The predicted octanol–water partition coefficient (Wildman–Crippen LogP) is 2.04. The largest absolute Gasteiger partial charge is 0.481 e. The van der Waals surface area contributed by atoms with Crippen LogP contribution in [0.4, 0.5) is 5.69 Å². The number of carbonyl (C=O) groups excluding carboxylic acids is 2. The van der Waals surface area contributed by atoms with Crippen molar-refractivity contribution >= 4 is 35.2 Å². The van der Waals surface area contributed by atoms with Gasteiger partial charge in [-0.15, -0.1) is 0 Å². The molecule has 23 heavy (non-hydrogen) atoms. The van der Waals surface area contributed by atoms with E-state index >= 15 is 0 Å². The highest BCUT2D eigenvalue weighted by Gasteiger charge is 2.05. The van der Waals surface area contributed by atoms with E-state index in [1.165, 1.54) is 11.8 Å². The molecule has 0 heterocycles. The van der Waals surface area contributed by atoms with Gasteiger partial charge in [0.05, 0.1) is 12.2 Å². The van der Waals surface area contributed by atoms with Gasteiger partial charge in [0.1, 0.15) is 0 Å². The van der Waals surface area contributed by atoms with Gasteiger partial charge >= 0.3 is 5.97 Å². The van der Waals surface area contributed by atoms with Crippen molar-refractivity contribution in [1.82, 2.24) is 5.32 Å². The molecule has 0 saturated carbocycles. The second-order valence-electron chi connectivity index (χ2n) is 5.07. The van der Waals surface area contributed by atoms with Crippen LogP contribution in [0.25, 0.3) is 0 Å². The Morgan fingerprint density at radius 1 is 1.17 bits per heavy atom. The third-order valence-corrected chi connectivity index (χ3v) is 3.93. The average Bonchev–Trinajstić information content (AvgIpc) is 2.46. The maximum absolute atomic E-state index is 11.8. The highest BCUT2D eigenvalue weighted by molar-refractivity contribution is 7.99. The van der Waals surface area contributed by atoms with Gasteiger partial charge in [-0.3, -0.25) is 14.4 Å².